The van der Waals surface area contributed by atoms with E-state index < -0.39 is 4.92 Å². The molecule has 0 aromatic carbocycles. The summed E-state index contributed by atoms with van der Waals surface area (Å²) in [4.78, 5) is 21.3. The van der Waals surface area contributed by atoms with Crippen molar-refractivity contribution in [3.63, 3.8) is 0 Å². The van der Waals surface area contributed by atoms with Crippen LogP contribution in [0.1, 0.15) is 0 Å². The van der Waals surface area contributed by atoms with E-state index in [-0.39, 0.29) is 17.5 Å². The molecule has 2 aromatic heterocycles. The van der Waals surface area contributed by atoms with E-state index >= 15 is 0 Å². The maximum Gasteiger partial charge on any atom is 0.332 e. The van der Waals surface area contributed by atoms with Crippen LogP contribution in [-0.4, -0.2) is 29.7 Å². The van der Waals surface area contributed by atoms with Crippen molar-refractivity contribution in [1.82, 2.24) is 24.7 Å². The molecule has 82 valence electrons. The van der Waals surface area contributed by atoms with Crippen molar-refractivity contribution in [2.24, 2.45) is 5.84 Å². The first kappa shape index (κ1) is 9.92. The number of nitrogen functional groups attached to an aromatic ring is 1. The molecule has 0 saturated carbocycles. The van der Waals surface area contributed by atoms with Crippen LogP contribution in [0.5, 0.6) is 0 Å². The summed E-state index contributed by atoms with van der Waals surface area (Å²) in [5.41, 5.74) is 1.90. The Morgan fingerprint density at radius 2 is 2.38 bits per heavy atom. The molecular weight excluding hydrogens is 216 g/mol. The lowest BCUT2D eigenvalue weighted by atomic mass is 10.5. The van der Waals surface area contributed by atoms with Crippen molar-refractivity contribution in [3.05, 3.63) is 29.0 Å². The molecule has 0 aliphatic rings. The summed E-state index contributed by atoms with van der Waals surface area (Å²) in [7, 11) is 0. The molecule has 0 aliphatic carbocycles. The lowest BCUT2D eigenvalue weighted by Crippen LogP contribution is -2.13. The lowest BCUT2D eigenvalue weighted by Gasteiger charge is -2.02. The summed E-state index contributed by atoms with van der Waals surface area (Å²) in [6.45, 7) is 0. The standard InChI is InChI=1S/C6H6N8O2/c7-12-6-9-1-4(14(15)16)5(11-6)13-3-8-2-10-13/h1-3H,7H2,(H,9,11,12). The number of rotatable bonds is 3. The minimum absolute atomic E-state index is 0.00884. The maximum atomic E-state index is 10.7. The van der Waals surface area contributed by atoms with Crippen molar-refractivity contribution in [2.45, 2.75) is 0 Å². The minimum Gasteiger partial charge on any atom is -0.292 e. The fourth-order valence-electron chi connectivity index (χ4n) is 1.05. The zero-order valence-electron chi connectivity index (χ0n) is 7.81. The number of hydrogen-bond acceptors (Lipinski definition) is 8. The lowest BCUT2D eigenvalue weighted by molar-refractivity contribution is -0.385. The van der Waals surface area contributed by atoms with E-state index in [0.717, 1.165) is 10.9 Å². The Hall–Kier alpha value is -2.62. The van der Waals surface area contributed by atoms with Crippen LogP contribution in [0.3, 0.4) is 0 Å². The summed E-state index contributed by atoms with van der Waals surface area (Å²) in [5, 5.41) is 14.5. The third kappa shape index (κ3) is 1.64. The van der Waals surface area contributed by atoms with Gasteiger partial charge in [0.15, 0.2) is 0 Å². The SMILES string of the molecule is NNc1ncc([N+](=O)[O-])c(-n2cncn2)n1. The van der Waals surface area contributed by atoms with E-state index in [2.05, 4.69) is 25.5 Å². The molecule has 2 heterocycles. The second-order valence-corrected chi connectivity index (χ2v) is 2.64. The van der Waals surface area contributed by atoms with Gasteiger partial charge in [-0.05, 0) is 0 Å². The van der Waals surface area contributed by atoms with Gasteiger partial charge in [-0.25, -0.2) is 15.8 Å². The second-order valence-electron chi connectivity index (χ2n) is 2.64. The molecule has 16 heavy (non-hydrogen) atoms. The monoisotopic (exact) mass is 222 g/mol. The summed E-state index contributed by atoms with van der Waals surface area (Å²) < 4.78 is 1.15. The van der Waals surface area contributed by atoms with Gasteiger partial charge in [0.25, 0.3) is 0 Å². The molecule has 0 unspecified atom stereocenters. The number of hydrogen-bond donors (Lipinski definition) is 2. The zero-order chi connectivity index (χ0) is 11.5. The van der Waals surface area contributed by atoms with E-state index in [4.69, 9.17) is 5.84 Å². The molecule has 0 aliphatic heterocycles. The molecule has 2 rings (SSSR count). The number of nitro groups is 1. The van der Waals surface area contributed by atoms with Gasteiger partial charge in [-0.2, -0.15) is 14.8 Å². The molecule has 10 heteroatoms. The van der Waals surface area contributed by atoms with E-state index in [0.29, 0.717) is 0 Å². The highest BCUT2D eigenvalue weighted by Crippen LogP contribution is 2.19. The topological polar surface area (TPSA) is 138 Å². The Morgan fingerprint density at radius 1 is 1.56 bits per heavy atom. The highest BCUT2D eigenvalue weighted by Gasteiger charge is 2.19. The molecule has 0 spiro atoms. The van der Waals surface area contributed by atoms with Crippen LogP contribution in [-0.2, 0) is 0 Å². The Labute approximate surface area is 88.3 Å². The van der Waals surface area contributed by atoms with Gasteiger partial charge in [-0.3, -0.25) is 15.5 Å². The fourth-order valence-corrected chi connectivity index (χ4v) is 1.05. The number of nitrogens with two attached hydrogens (primary N) is 1. The molecule has 2 aromatic rings. The predicted octanol–water partition coefficient (Wildman–Crippen LogP) is -0.749. The first-order valence-electron chi connectivity index (χ1n) is 4.05. The quantitative estimate of drug-likeness (QED) is 0.393. The molecule has 0 bridgehead atoms. The maximum absolute atomic E-state index is 10.7. The van der Waals surface area contributed by atoms with Crippen LogP contribution in [0.2, 0.25) is 0 Å². The van der Waals surface area contributed by atoms with Crippen molar-refractivity contribution >= 4 is 11.6 Å². The van der Waals surface area contributed by atoms with Crippen LogP contribution in [0.4, 0.5) is 11.6 Å². The molecular formula is C6H6N8O2. The third-order valence-corrected chi connectivity index (χ3v) is 1.71. The Morgan fingerprint density at radius 3 is 2.94 bits per heavy atom. The smallest absolute Gasteiger partial charge is 0.292 e. The average Bonchev–Trinajstić information content (AvgIpc) is 2.81. The molecule has 0 radical (unpaired) electrons. The van der Waals surface area contributed by atoms with Gasteiger partial charge < -0.3 is 0 Å². The van der Waals surface area contributed by atoms with Crippen molar-refractivity contribution in [1.29, 1.82) is 0 Å². The van der Waals surface area contributed by atoms with E-state index in [9.17, 15) is 10.1 Å². The molecule has 10 nitrogen and oxygen atoms in total. The van der Waals surface area contributed by atoms with Gasteiger partial charge in [-0.1, -0.05) is 0 Å². The van der Waals surface area contributed by atoms with Gasteiger partial charge >= 0.3 is 5.69 Å². The van der Waals surface area contributed by atoms with E-state index in [1.807, 2.05) is 0 Å². The number of hydrazine groups is 1. The van der Waals surface area contributed by atoms with E-state index in [1.54, 1.807) is 0 Å². The molecule has 3 N–H and O–H groups in total. The van der Waals surface area contributed by atoms with Crippen molar-refractivity contribution in [3.8, 4) is 5.82 Å². The number of anilines is 1. The highest BCUT2D eigenvalue weighted by molar-refractivity contribution is 5.47. The van der Waals surface area contributed by atoms with Gasteiger partial charge in [0, 0.05) is 0 Å². The number of aromatic nitrogens is 5. The third-order valence-electron chi connectivity index (χ3n) is 1.71. The Balaban J connectivity index is 2.59. The number of nitrogens with zero attached hydrogens (tertiary/aromatic N) is 6. The summed E-state index contributed by atoms with van der Waals surface area (Å²) in [6.07, 6.45) is 3.57. The highest BCUT2D eigenvalue weighted by atomic mass is 16.6. The van der Waals surface area contributed by atoms with Gasteiger partial charge in [0.05, 0.1) is 4.92 Å². The Bertz CT molecular complexity index is 509. The van der Waals surface area contributed by atoms with Gasteiger partial charge in [-0.15, -0.1) is 0 Å². The molecule has 0 fully saturated rings. The van der Waals surface area contributed by atoms with Crippen molar-refractivity contribution in [2.75, 3.05) is 5.43 Å². The first-order chi connectivity index (χ1) is 7.72. The average molecular weight is 222 g/mol. The van der Waals surface area contributed by atoms with Crippen LogP contribution in [0.15, 0.2) is 18.9 Å². The van der Waals surface area contributed by atoms with Crippen LogP contribution in [0.25, 0.3) is 5.82 Å². The van der Waals surface area contributed by atoms with Gasteiger partial charge in [0.2, 0.25) is 11.8 Å². The molecule has 0 amide bonds. The minimum atomic E-state index is -0.614. The largest absolute Gasteiger partial charge is 0.332 e. The zero-order valence-corrected chi connectivity index (χ0v) is 7.81. The summed E-state index contributed by atoms with van der Waals surface area (Å²) >= 11 is 0. The van der Waals surface area contributed by atoms with Crippen molar-refractivity contribution < 1.29 is 4.92 Å². The Kier molecular flexibility index (Phi) is 2.39. The normalized spacial score (nSPS) is 10.1. The van der Waals surface area contributed by atoms with Crippen LogP contribution < -0.4 is 11.3 Å². The van der Waals surface area contributed by atoms with Crippen LogP contribution >= 0.6 is 0 Å². The van der Waals surface area contributed by atoms with Crippen LogP contribution in [0, 0.1) is 10.1 Å². The second kappa shape index (κ2) is 3.86. The van der Waals surface area contributed by atoms with Gasteiger partial charge in [0.1, 0.15) is 18.9 Å². The predicted molar refractivity (Wildman–Crippen MR) is 51.4 cm³/mol. The number of nitrogens with one attached hydrogen (secondary N) is 1. The molecule has 0 atom stereocenters. The fraction of sp³-hybridized carbons (Fsp3) is 0. The molecule has 0 saturated heterocycles. The summed E-state index contributed by atoms with van der Waals surface area (Å²) in [6, 6.07) is 0. The first-order valence-corrected chi connectivity index (χ1v) is 4.05. The van der Waals surface area contributed by atoms with E-state index in [1.165, 1.54) is 12.7 Å². The summed E-state index contributed by atoms with van der Waals surface area (Å²) in [5.74, 6) is 5.15.